The van der Waals surface area contributed by atoms with Crippen LogP contribution in [0.25, 0.3) is 0 Å². The van der Waals surface area contributed by atoms with E-state index in [9.17, 15) is 8.42 Å². The van der Waals surface area contributed by atoms with E-state index in [0.29, 0.717) is 26.8 Å². The molecular formula is C16H15N3O3S3. The van der Waals surface area contributed by atoms with E-state index in [0.717, 1.165) is 18.7 Å². The second-order valence-electron chi connectivity index (χ2n) is 5.69. The molecule has 0 atom stereocenters. The van der Waals surface area contributed by atoms with Gasteiger partial charge in [0.25, 0.3) is 15.2 Å². The minimum absolute atomic E-state index is 0.316. The first-order chi connectivity index (χ1) is 12.0. The zero-order valence-electron chi connectivity index (χ0n) is 13.3. The lowest BCUT2D eigenvalue weighted by atomic mass is 10.3. The number of hydrogen-bond acceptors (Lipinski definition) is 7. The normalized spacial score (nSPS) is 14.4. The minimum Gasteiger partial charge on any atom is -0.430 e. The van der Waals surface area contributed by atoms with Crippen LogP contribution >= 0.6 is 22.9 Å². The first-order valence-corrected chi connectivity index (χ1v) is 10.8. The molecule has 1 aliphatic carbocycles. The molecule has 0 bridgehead atoms. The van der Waals surface area contributed by atoms with Crippen molar-refractivity contribution in [1.29, 1.82) is 0 Å². The van der Waals surface area contributed by atoms with E-state index in [1.807, 2.05) is 0 Å². The molecule has 0 spiro atoms. The van der Waals surface area contributed by atoms with Crippen molar-refractivity contribution in [3.63, 3.8) is 0 Å². The SMILES string of the molecule is CN(c1ccc(Oc2nc(C3CC3)ns2)cc1)S(=O)(=O)c1cccs1. The van der Waals surface area contributed by atoms with Crippen LogP contribution in [0.1, 0.15) is 24.6 Å². The van der Waals surface area contributed by atoms with Crippen LogP contribution in [0.15, 0.2) is 46.0 Å². The third-order valence-corrected chi connectivity index (χ3v) is 7.65. The van der Waals surface area contributed by atoms with Gasteiger partial charge in [0, 0.05) is 24.5 Å². The molecule has 0 unspecified atom stereocenters. The number of hydrogen-bond donors (Lipinski definition) is 0. The molecule has 2 aromatic heterocycles. The van der Waals surface area contributed by atoms with Crippen molar-refractivity contribution >= 4 is 38.6 Å². The number of nitrogens with zero attached hydrogens (tertiary/aromatic N) is 3. The fraction of sp³-hybridized carbons (Fsp3) is 0.250. The van der Waals surface area contributed by atoms with Crippen LogP contribution in [-0.4, -0.2) is 24.8 Å². The Kier molecular flexibility index (Phi) is 4.22. The van der Waals surface area contributed by atoms with Gasteiger partial charge in [-0.05, 0) is 48.6 Å². The van der Waals surface area contributed by atoms with Gasteiger partial charge in [-0.25, -0.2) is 8.42 Å². The van der Waals surface area contributed by atoms with Gasteiger partial charge in [-0.15, -0.1) is 11.3 Å². The average molecular weight is 394 g/mol. The predicted octanol–water partition coefficient (Wildman–Crippen LogP) is 4.09. The molecule has 1 aromatic carbocycles. The van der Waals surface area contributed by atoms with Crippen LogP contribution in [0.3, 0.4) is 0 Å². The van der Waals surface area contributed by atoms with Crippen molar-refractivity contribution in [3.8, 4) is 10.9 Å². The maximum Gasteiger partial charge on any atom is 0.298 e. The van der Waals surface area contributed by atoms with Crippen molar-refractivity contribution in [2.75, 3.05) is 11.4 Å². The monoisotopic (exact) mass is 393 g/mol. The molecule has 0 aliphatic heterocycles. The molecule has 9 heteroatoms. The van der Waals surface area contributed by atoms with Gasteiger partial charge in [-0.2, -0.15) is 9.36 Å². The molecule has 4 rings (SSSR count). The highest BCUT2D eigenvalue weighted by Crippen LogP contribution is 2.40. The van der Waals surface area contributed by atoms with E-state index in [-0.39, 0.29) is 0 Å². The summed E-state index contributed by atoms with van der Waals surface area (Å²) < 4.78 is 36.6. The summed E-state index contributed by atoms with van der Waals surface area (Å²) in [4.78, 5) is 4.38. The molecule has 0 saturated heterocycles. The van der Waals surface area contributed by atoms with Gasteiger partial charge in [-0.1, -0.05) is 6.07 Å². The van der Waals surface area contributed by atoms with Crippen molar-refractivity contribution < 1.29 is 13.2 Å². The van der Waals surface area contributed by atoms with Gasteiger partial charge >= 0.3 is 0 Å². The molecule has 25 heavy (non-hydrogen) atoms. The Morgan fingerprint density at radius 2 is 1.96 bits per heavy atom. The van der Waals surface area contributed by atoms with E-state index in [1.165, 1.54) is 34.2 Å². The number of aromatic nitrogens is 2. The predicted molar refractivity (Wildman–Crippen MR) is 98.3 cm³/mol. The second-order valence-corrected chi connectivity index (χ2v) is 9.55. The van der Waals surface area contributed by atoms with Crippen LogP contribution in [0.5, 0.6) is 10.9 Å². The van der Waals surface area contributed by atoms with E-state index in [1.54, 1.807) is 41.8 Å². The number of ether oxygens (including phenoxy) is 1. The Morgan fingerprint density at radius 3 is 2.60 bits per heavy atom. The number of anilines is 1. The highest BCUT2D eigenvalue weighted by Gasteiger charge is 2.28. The second kappa shape index (κ2) is 6.40. The summed E-state index contributed by atoms with van der Waals surface area (Å²) >= 11 is 2.44. The summed E-state index contributed by atoms with van der Waals surface area (Å²) in [6, 6.07) is 10.2. The lowest BCUT2D eigenvalue weighted by molar-refractivity contribution is 0.477. The minimum atomic E-state index is -3.53. The molecular weight excluding hydrogens is 378 g/mol. The third kappa shape index (κ3) is 3.39. The average Bonchev–Trinajstić information content (AvgIpc) is 3.11. The standard InChI is InChI=1S/C16H15N3O3S3/c1-19(25(20,21)14-3-2-10-23-14)12-6-8-13(9-7-12)22-16-17-15(18-24-16)11-4-5-11/h2-3,6-11H,4-5H2,1H3. The van der Waals surface area contributed by atoms with Gasteiger partial charge in [-0.3, -0.25) is 4.31 Å². The lowest BCUT2D eigenvalue weighted by Gasteiger charge is -2.18. The lowest BCUT2D eigenvalue weighted by Crippen LogP contribution is -2.25. The quantitative estimate of drug-likeness (QED) is 0.631. The molecule has 0 N–H and O–H groups in total. The van der Waals surface area contributed by atoms with Gasteiger partial charge in [0.1, 0.15) is 15.8 Å². The first-order valence-electron chi connectivity index (χ1n) is 7.68. The Hall–Kier alpha value is -1.97. The van der Waals surface area contributed by atoms with Gasteiger partial charge in [0.15, 0.2) is 0 Å². The Bertz CT molecular complexity index is 962. The van der Waals surface area contributed by atoms with Crippen molar-refractivity contribution in [2.24, 2.45) is 0 Å². The van der Waals surface area contributed by atoms with Crippen LogP contribution in [-0.2, 0) is 10.0 Å². The van der Waals surface area contributed by atoms with E-state index in [4.69, 9.17) is 4.74 Å². The van der Waals surface area contributed by atoms with Crippen molar-refractivity contribution in [1.82, 2.24) is 9.36 Å². The smallest absolute Gasteiger partial charge is 0.298 e. The summed E-state index contributed by atoms with van der Waals surface area (Å²) in [7, 11) is -1.99. The Labute approximate surface area is 153 Å². The molecule has 130 valence electrons. The maximum atomic E-state index is 12.5. The molecule has 1 aliphatic rings. The van der Waals surface area contributed by atoms with Crippen LogP contribution in [0.2, 0.25) is 0 Å². The number of sulfonamides is 1. The molecule has 0 radical (unpaired) electrons. The summed E-state index contributed by atoms with van der Waals surface area (Å²) in [5.74, 6) is 1.95. The fourth-order valence-electron chi connectivity index (χ4n) is 2.28. The van der Waals surface area contributed by atoms with Crippen molar-refractivity contribution in [3.05, 3.63) is 47.6 Å². The van der Waals surface area contributed by atoms with Gasteiger partial charge in [0.2, 0.25) is 0 Å². The number of benzene rings is 1. The largest absolute Gasteiger partial charge is 0.430 e. The molecule has 6 nitrogen and oxygen atoms in total. The Balaban J connectivity index is 1.49. The summed E-state index contributed by atoms with van der Waals surface area (Å²) in [5, 5.41) is 2.25. The molecule has 0 amide bonds. The van der Waals surface area contributed by atoms with Crippen molar-refractivity contribution in [2.45, 2.75) is 23.0 Å². The first kappa shape index (κ1) is 16.5. The summed E-state index contributed by atoms with van der Waals surface area (Å²) in [6.45, 7) is 0. The molecule has 1 fully saturated rings. The van der Waals surface area contributed by atoms with Crippen LogP contribution in [0.4, 0.5) is 5.69 Å². The highest BCUT2D eigenvalue weighted by molar-refractivity contribution is 7.94. The molecule has 3 aromatic rings. The topological polar surface area (TPSA) is 72.4 Å². The highest BCUT2D eigenvalue weighted by atomic mass is 32.2. The van der Waals surface area contributed by atoms with E-state index < -0.39 is 10.0 Å². The maximum absolute atomic E-state index is 12.5. The fourth-order valence-corrected chi connectivity index (χ4v) is 5.26. The zero-order chi connectivity index (χ0) is 17.4. The Morgan fingerprint density at radius 1 is 1.20 bits per heavy atom. The van der Waals surface area contributed by atoms with Crippen LogP contribution < -0.4 is 9.04 Å². The van der Waals surface area contributed by atoms with E-state index >= 15 is 0 Å². The summed E-state index contributed by atoms with van der Waals surface area (Å²) in [6.07, 6.45) is 2.30. The third-order valence-electron chi connectivity index (χ3n) is 3.88. The van der Waals surface area contributed by atoms with Gasteiger partial charge < -0.3 is 4.74 Å². The molecule has 2 heterocycles. The molecule has 1 saturated carbocycles. The number of rotatable bonds is 6. The van der Waals surface area contributed by atoms with E-state index in [2.05, 4.69) is 9.36 Å². The number of thiophene rings is 1. The van der Waals surface area contributed by atoms with Crippen LogP contribution in [0, 0.1) is 0 Å². The zero-order valence-corrected chi connectivity index (χ0v) is 15.8. The van der Waals surface area contributed by atoms with Gasteiger partial charge in [0.05, 0.1) is 5.69 Å². The summed E-state index contributed by atoms with van der Waals surface area (Å²) in [5.41, 5.74) is 0.566.